The topological polar surface area (TPSA) is 79.5 Å². The number of anilines is 1. The fourth-order valence-electron chi connectivity index (χ4n) is 2.13. The van der Waals surface area contributed by atoms with Gasteiger partial charge in [-0.25, -0.2) is 0 Å². The predicted molar refractivity (Wildman–Crippen MR) is 91.1 cm³/mol. The second kappa shape index (κ2) is 9.97. The molecule has 0 fully saturated rings. The van der Waals surface area contributed by atoms with Crippen molar-refractivity contribution in [3.05, 3.63) is 29.8 Å². The maximum Gasteiger partial charge on any atom is 0.247 e. The Kier molecular flexibility index (Phi) is 8.29. The number of ether oxygens (including phenoxy) is 1. The highest BCUT2D eigenvalue weighted by molar-refractivity contribution is 5.97. The summed E-state index contributed by atoms with van der Waals surface area (Å²) < 4.78 is 4.78. The summed E-state index contributed by atoms with van der Waals surface area (Å²) in [5.41, 5.74) is 1.81. The van der Waals surface area contributed by atoms with E-state index in [0.29, 0.717) is 0 Å². The molecule has 1 aromatic rings. The molecule has 0 aromatic heterocycles. The Morgan fingerprint density at radius 1 is 1.26 bits per heavy atom. The Bertz CT molecular complexity index is 518. The second-order valence-electron chi connectivity index (χ2n) is 5.69. The van der Waals surface area contributed by atoms with Crippen LogP contribution in [0.1, 0.15) is 26.3 Å². The van der Waals surface area contributed by atoms with Gasteiger partial charge in [0, 0.05) is 19.3 Å². The maximum atomic E-state index is 12.4. The molecule has 23 heavy (non-hydrogen) atoms. The highest BCUT2D eigenvalue weighted by Gasteiger charge is 2.24. The molecule has 0 heterocycles. The smallest absolute Gasteiger partial charge is 0.247 e. The van der Waals surface area contributed by atoms with Crippen molar-refractivity contribution >= 4 is 17.5 Å². The highest BCUT2D eigenvalue weighted by Crippen LogP contribution is 2.12. The molecular formula is C17H27N3O3. The number of rotatable bonds is 9. The largest absolute Gasteiger partial charge is 0.375 e. The summed E-state index contributed by atoms with van der Waals surface area (Å²) in [6.07, 6.45) is 0. The van der Waals surface area contributed by atoms with E-state index in [9.17, 15) is 9.59 Å². The van der Waals surface area contributed by atoms with E-state index in [1.807, 2.05) is 45.0 Å². The van der Waals surface area contributed by atoms with Crippen LogP contribution in [0.5, 0.6) is 0 Å². The van der Waals surface area contributed by atoms with E-state index in [-0.39, 0.29) is 24.3 Å². The third-order valence-electron chi connectivity index (χ3n) is 3.31. The van der Waals surface area contributed by atoms with Crippen LogP contribution in [0.2, 0.25) is 0 Å². The Hall–Kier alpha value is -1.92. The van der Waals surface area contributed by atoms with Gasteiger partial charge in [0.05, 0.1) is 0 Å². The first-order chi connectivity index (χ1) is 11.0. The summed E-state index contributed by atoms with van der Waals surface area (Å²) in [7, 11) is 1.44. The third kappa shape index (κ3) is 6.80. The van der Waals surface area contributed by atoms with Crippen LogP contribution in [0.25, 0.3) is 0 Å². The SMILES string of the molecule is CCNCc1cccc(NC(=O)[C@@H](NC(=O)COC)C(C)C)c1. The zero-order valence-electron chi connectivity index (χ0n) is 14.3. The fraction of sp³-hybridized carbons (Fsp3) is 0.529. The van der Waals surface area contributed by atoms with Crippen LogP contribution < -0.4 is 16.0 Å². The first kappa shape index (κ1) is 19.1. The van der Waals surface area contributed by atoms with E-state index in [1.54, 1.807) is 0 Å². The summed E-state index contributed by atoms with van der Waals surface area (Å²) in [5.74, 6) is -0.562. The Morgan fingerprint density at radius 3 is 2.61 bits per heavy atom. The molecular weight excluding hydrogens is 294 g/mol. The van der Waals surface area contributed by atoms with Gasteiger partial charge in [-0.2, -0.15) is 0 Å². The molecule has 0 aliphatic carbocycles. The van der Waals surface area contributed by atoms with Crippen LogP contribution in [0.3, 0.4) is 0 Å². The molecule has 0 unspecified atom stereocenters. The van der Waals surface area contributed by atoms with Crippen molar-refractivity contribution in [1.29, 1.82) is 0 Å². The molecule has 3 N–H and O–H groups in total. The zero-order chi connectivity index (χ0) is 17.2. The van der Waals surface area contributed by atoms with Crippen molar-refractivity contribution in [2.24, 2.45) is 5.92 Å². The first-order valence-corrected chi connectivity index (χ1v) is 7.86. The number of benzene rings is 1. The summed E-state index contributed by atoms with van der Waals surface area (Å²) >= 11 is 0. The van der Waals surface area contributed by atoms with Crippen molar-refractivity contribution in [3.63, 3.8) is 0 Å². The summed E-state index contributed by atoms with van der Waals surface area (Å²) in [4.78, 5) is 24.1. The van der Waals surface area contributed by atoms with E-state index in [4.69, 9.17) is 4.74 Å². The standard InChI is InChI=1S/C17H27N3O3/c1-5-18-10-13-7-6-8-14(9-13)19-17(22)16(12(2)3)20-15(21)11-23-4/h6-9,12,16,18H,5,10-11H2,1-4H3,(H,19,22)(H,20,21)/t16-/m0/s1. The van der Waals surface area contributed by atoms with Crippen LogP contribution in [0.4, 0.5) is 5.69 Å². The van der Waals surface area contributed by atoms with Crippen molar-refractivity contribution in [3.8, 4) is 0 Å². The number of carbonyl (C=O) groups excluding carboxylic acids is 2. The fourth-order valence-corrected chi connectivity index (χ4v) is 2.13. The van der Waals surface area contributed by atoms with E-state index in [0.717, 1.165) is 24.3 Å². The second-order valence-corrected chi connectivity index (χ2v) is 5.69. The van der Waals surface area contributed by atoms with Gasteiger partial charge in [0.2, 0.25) is 11.8 Å². The van der Waals surface area contributed by atoms with Gasteiger partial charge >= 0.3 is 0 Å². The minimum atomic E-state index is -0.602. The van der Waals surface area contributed by atoms with Crippen LogP contribution in [0, 0.1) is 5.92 Å². The molecule has 0 aliphatic rings. The van der Waals surface area contributed by atoms with E-state index < -0.39 is 6.04 Å². The Labute approximate surface area is 138 Å². The average Bonchev–Trinajstić information content (AvgIpc) is 2.51. The average molecular weight is 321 g/mol. The Morgan fingerprint density at radius 2 is 2.00 bits per heavy atom. The van der Waals surface area contributed by atoms with Gasteiger partial charge in [-0.05, 0) is 30.2 Å². The van der Waals surface area contributed by atoms with E-state index >= 15 is 0 Å². The minimum absolute atomic E-state index is 0.0271. The van der Waals surface area contributed by atoms with Gasteiger partial charge < -0.3 is 20.7 Å². The normalized spacial score (nSPS) is 12.0. The van der Waals surface area contributed by atoms with Gasteiger partial charge in [0.1, 0.15) is 12.6 Å². The molecule has 0 saturated carbocycles. The van der Waals surface area contributed by atoms with Gasteiger partial charge in [0.25, 0.3) is 0 Å². The minimum Gasteiger partial charge on any atom is -0.375 e. The number of carbonyl (C=O) groups is 2. The quantitative estimate of drug-likeness (QED) is 0.644. The van der Waals surface area contributed by atoms with Gasteiger partial charge in [0.15, 0.2) is 0 Å². The summed E-state index contributed by atoms with van der Waals surface area (Å²) in [5, 5.41) is 8.81. The number of hydrogen-bond acceptors (Lipinski definition) is 4. The molecule has 1 rings (SSSR count). The summed E-state index contributed by atoms with van der Waals surface area (Å²) in [6, 6.07) is 7.06. The van der Waals surface area contributed by atoms with E-state index in [1.165, 1.54) is 7.11 Å². The molecule has 1 aromatic carbocycles. The first-order valence-electron chi connectivity index (χ1n) is 7.86. The lowest BCUT2D eigenvalue weighted by Crippen LogP contribution is -2.48. The van der Waals surface area contributed by atoms with Gasteiger partial charge in [-0.1, -0.05) is 32.9 Å². The number of methoxy groups -OCH3 is 1. The molecule has 6 nitrogen and oxygen atoms in total. The predicted octanol–water partition coefficient (Wildman–Crippen LogP) is 1.52. The number of amides is 2. The molecule has 0 bridgehead atoms. The highest BCUT2D eigenvalue weighted by atomic mass is 16.5. The molecule has 0 radical (unpaired) electrons. The monoisotopic (exact) mass is 321 g/mol. The summed E-state index contributed by atoms with van der Waals surface area (Å²) in [6.45, 7) is 7.39. The zero-order valence-corrected chi connectivity index (χ0v) is 14.3. The number of hydrogen-bond donors (Lipinski definition) is 3. The van der Waals surface area contributed by atoms with Crippen molar-refractivity contribution in [2.75, 3.05) is 25.6 Å². The maximum absolute atomic E-state index is 12.4. The van der Waals surface area contributed by atoms with Crippen molar-refractivity contribution in [2.45, 2.75) is 33.4 Å². The van der Waals surface area contributed by atoms with Gasteiger partial charge in [-0.15, -0.1) is 0 Å². The van der Waals surface area contributed by atoms with Gasteiger partial charge in [-0.3, -0.25) is 9.59 Å². The molecule has 6 heteroatoms. The lowest BCUT2D eigenvalue weighted by atomic mass is 10.0. The molecule has 0 saturated heterocycles. The third-order valence-corrected chi connectivity index (χ3v) is 3.31. The van der Waals surface area contributed by atoms with E-state index in [2.05, 4.69) is 16.0 Å². The van der Waals surface area contributed by atoms with Crippen LogP contribution in [-0.2, 0) is 20.9 Å². The molecule has 2 amide bonds. The Balaban J connectivity index is 2.72. The van der Waals surface area contributed by atoms with Crippen molar-refractivity contribution in [1.82, 2.24) is 10.6 Å². The van der Waals surface area contributed by atoms with Crippen LogP contribution in [-0.4, -0.2) is 38.1 Å². The lowest BCUT2D eigenvalue weighted by molar-refractivity contribution is -0.129. The van der Waals surface area contributed by atoms with Crippen molar-refractivity contribution < 1.29 is 14.3 Å². The van der Waals surface area contributed by atoms with Crippen LogP contribution >= 0.6 is 0 Å². The van der Waals surface area contributed by atoms with Crippen LogP contribution in [0.15, 0.2) is 24.3 Å². The number of nitrogens with one attached hydrogen (secondary N) is 3. The molecule has 1 atom stereocenters. The molecule has 128 valence electrons. The molecule has 0 aliphatic heterocycles. The lowest BCUT2D eigenvalue weighted by Gasteiger charge is -2.21. The molecule has 0 spiro atoms.